The third-order valence-electron chi connectivity index (χ3n) is 4.29. The van der Waals surface area contributed by atoms with Crippen molar-refractivity contribution < 1.29 is 19.0 Å². The van der Waals surface area contributed by atoms with Crippen LogP contribution in [0.3, 0.4) is 0 Å². The number of nitrogens with one attached hydrogen (secondary N) is 1. The summed E-state index contributed by atoms with van der Waals surface area (Å²) < 4.78 is 17.8. The van der Waals surface area contributed by atoms with Crippen LogP contribution in [0.25, 0.3) is 0 Å². The molecular formula is C20H23N5O4. The molecule has 2 aromatic carbocycles. The van der Waals surface area contributed by atoms with Gasteiger partial charge >= 0.3 is 0 Å². The summed E-state index contributed by atoms with van der Waals surface area (Å²) in [7, 11) is 3.16. The van der Waals surface area contributed by atoms with Gasteiger partial charge in [-0.1, -0.05) is 6.07 Å². The Kier molecular flexibility index (Phi) is 6.62. The number of hydrogen-bond donors (Lipinski definition) is 1. The number of nitrogens with zero attached hydrogens (tertiary/aromatic N) is 4. The first-order valence-electron chi connectivity index (χ1n) is 9.11. The molecule has 1 heterocycles. The molecule has 0 bridgehead atoms. The predicted molar refractivity (Wildman–Crippen MR) is 105 cm³/mol. The van der Waals surface area contributed by atoms with Crippen molar-refractivity contribution in [2.24, 2.45) is 0 Å². The Morgan fingerprint density at radius 2 is 1.83 bits per heavy atom. The van der Waals surface area contributed by atoms with E-state index in [1.165, 1.54) is 0 Å². The molecule has 0 aliphatic carbocycles. The van der Waals surface area contributed by atoms with Gasteiger partial charge in [-0.3, -0.25) is 4.79 Å². The molecule has 0 saturated heterocycles. The van der Waals surface area contributed by atoms with Crippen LogP contribution in [-0.2, 0) is 19.7 Å². The maximum atomic E-state index is 12.4. The van der Waals surface area contributed by atoms with Crippen molar-refractivity contribution in [3.63, 3.8) is 0 Å². The molecule has 0 aliphatic heterocycles. The van der Waals surface area contributed by atoms with Crippen molar-refractivity contribution >= 4 is 5.91 Å². The lowest BCUT2D eigenvalue weighted by atomic mass is 10.1. The van der Waals surface area contributed by atoms with Crippen LogP contribution in [0.2, 0.25) is 0 Å². The van der Waals surface area contributed by atoms with E-state index in [0.29, 0.717) is 41.7 Å². The van der Waals surface area contributed by atoms with E-state index in [2.05, 4.69) is 20.8 Å². The number of aromatic nitrogens is 4. The van der Waals surface area contributed by atoms with E-state index in [0.717, 1.165) is 5.56 Å². The van der Waals surface area contributed by atoms with E-state index in [4.69, 9.17) is 14.2 Å². The van der Waals surface area contributed by atoms with Crippen LogP contribution in [0.1, 0.15) is 28.7 Å². The number of benzene rings is 2. The molecule has 0 radical (unpaired) electrons. The molecule has 29 heavy (non-hydrogen) atoms. The second kappa shape index (κ2) is 9.54. The second-order valence-electron chi connectivity index (χ2n) is 6.10. The van der Waals surface area contributed by atoms with Crippen molar-refractivity contribution in [1.82, 2.24) is 25.5 Å². The van der Waals surface area contributed by atoms with E-state index >= 15 is 0 Å². The summed E-state index contributed by atoms with van der Waals surface area (Å²) in [6.45, 7) is 3.25. The fourth-order valence-electron chi connectivity index (χ4n) is 2.70. The summed E-state index contributed by atoms with van der Waals surface area (Å²) in [5.74, 6) is 2.36. The molecule has 9 nitrogen and oxygen atoms in total. The zero-order valence-corrected chi connectivity index (χ0v) is 16.6. The van der Waals surface area contributed by atoms with Crippen molar-refractivity contribution in [1.29, 1.82) is 0 Å². The van der Waals surface area contributed by atoms with E-state index in [9.17, 15) is 4.79 Å². The molecule has 1 N–H and O–H groups in total. The van der Waals surface area contributed by atoms with Gasteiger partial charge in [0.15, 0.2) is 17.3 Å². The van der Waals surface area contributed by atoms with Crippen LogP contribution in [-0.4, -0.2) is 40.3 Å². The monoisotopic (exact) mass is 397 g/mol. The quantitative estimate of drug-likeness (QED) is 0.591. The van der Waals surface area contributed by atoms with Gasteiger partial charge in [-0.15, -0.1) is 5.10 Å². The Labute approximate surface area is 168 Å². The molecule has 3 aromatic rings. The Morgan fingerprint density at radius 1 is 1.07 bits per heavy atom. The van der Waals surface area contributed by atoms with Crippen LogP contribution in [0, 0.1) is 0 Å². The first-order chi connectivity index (χ1) is 14.1. The van der Waals surface area contributed by atoms with Crippen LogP contribution in [0.5, 0.6) is 17.2 Å². The summed E-state index contributed by atoms with van der Waals surface area (Å²) in [5.41, 5.74) is 1.45. The molecule has 9 heteroatoms. The molecular weight excluding hydrogens is 374 g/mol. The topological polar surface area (TPSA) is 100 Å². The fraction of sp³-hybridized carbons (Fsp3) is 0.300. The summed E-state index contributed by atoms with van der Waals surface area (Å²) in [6.07, 6.45) is 0. The predicted octanol–water partition coefficient (Wildman–Crippen LogP) is 2.22. The Hall–Kier alpha value is -3.62. The minimum Gasteiger partial charge on any atom is -0.493 e. The molecule has 0 saturated carbocycles. The van der Waals surface area contributed by atoms with E-state index in [1.54, 1.807) is 49.2 Å². The Morgan fingerprint density at radius 3 is 2.52 bits per heavy atom. The van der Waals surface area contributed by atoms with Gasteiger partial charge in [-0.2, -0.15) is 0 Å². The van der Waals surface area contributed by atoms with Gasteiger partial charge in [-0.25, -0.2) is 4.68 Å². The molecule has 152 valence electrons. The summed E-state index contributed by atoms with van der Waals surface area (Å²) in [5, 5.41) is 14.3. The number of carbonyl (C=O) groups excluding carboxylic acids is 1. The number of hydrogen-bond acceptors (Lipinski definition) is 7. The van der Waals surface area contributed by atoms with Gasteiger partial charge in [0, 0.05) is 18.7 Å². The van der Waals surface area contributed by atoms with Crippen molar-refractivity contribution in [2.45, 2.75) is 26.6 Å². The highest BCUT2D eigenvalue weighted by molar-refractivity contribution is 5.94. The van der Waals surface area contributed by atoms with E-state index in [1.807, 2.05) is 19.1 Å². The van der Waals surface area contributed by atoms with Gasteiger partial charge in [0.2, 0.25) is 0 Å². The van der Waals surface area contributed by atoms with Crippen LogP contribution in [0.15, 0.2) is 42.5 Å². The number of carbonyl (C=O) groups is 1. The second-order valence-corrected chi connectivity index (χ2v) is 6.10. The standard InChI is InChI=1S/C20H23N5O4/c1-4-25-19(22-23-24-25)13-29-16-8-6-15(7-9-16)20(26)21-12-14-5-10-17(27-2)18(11-14)28-3/h5-11H,4,12-13H2,1-3H3,(H,21,26). The zero-order chi connectivity index (χ0) is 20.6. The van der Waals surface area contributed by atoms with Crippen molar-refractivity contribution in [2.75, 3.05) is 14.2 Å². The number of ether oxygens (including phenoxy) is 3. The van der Waals surface area contributed by atoms with Gasteiger partial charge < -0.3 is 19.5 Å². The van der Waals surface area contributed by atoms with Gasteiger partial charge in [0.25, 0.3) is 5.91 Å². The van der Waals surface area contributed by atoms with Crippen molar-refractivity contribution in [3.05, 3.63) is 59.4 Å². The Balaban J connectivity index is 1.55. The molecule has 0 unspecified atom stereocenters. The molecule has 0 atom stereocenters. The average Bonchev–Trinajstić information content (AvgIpc) is 3.23. The number of amides is 1. The van der Waals surface area contributed by atoms with Gasteiger partial charge in [0.05, 0.1) is 14.2 Å². The molecule has 0 fully saturated rings. The highest BCUT2D eigenvalue weighted by Crippen LogP contribution is 2.27. The van der Waals surface area contributed by atoms with Gasteiger partial charge in [0.1, 0.15) is 12.4 Å². The maximum Gasteiger partial charge on any atom is 0.251 e. The number of aryl methyl sites for hydroxylation is 1. The average molecular weight is 397 g/mol. The van der Waals surface area contributed by atoms with Gasteiger partial charge in [-0.05, 0) is 59.3 Å². The molecule has 1 amide bonds. The van der Waals surface area contributed by atoms with E-state index in [-0.39, 0.29) is 12.5 Å². The molecule has 1 aromatic heterocycles. The third-order valence-corrected chi connectivity index (χ3v) is 4.29. The lowest BCUT2D eigenvalue weighted by Gasteiger charge is -2.11. The van der Waals surface area contributed by atoms with E-state index < -0.39 is 0 Å². The normalized spacial score (nSPS) is 10.4. The Bertz CT molecular complexity index is 956. The lowest BCUT2D eigenvalue weighted by Crippen LogP contribution is -2.22. The smallest absolute Gasteiger partial charge is 0.251 e. The number of tetrazole rings is 1. The van der Waals surface area contributed by atoms with Crippen LogP contribution < -0.4 is 19.5 Å². The highest BCUT2D eigenvalue weighted by atomic mass is 16.5. The molecule has 3 rings (SSSR count). The summed E-state index contributed by atoms with van der Waals surface area (Å²) in [6, 6.07) is 12.4. The summed E-state index contributed by atoms with van der Waals surface area (Å²) >= 11 is 0. The van der Waals surface area contributed by atoms with Crippen molar-refractivity contribution in [3.8, 4) is 17.2 Å². The molecule has 0 spiro atoms. The SMILES string of the molecule is CCn1nnnc1COc1ccc(C(=O)NCc2ccc(OC)c(OC)c2)cc1. The minimum atomic E-state index is -0.179. The maximum absolute atomic E-state index is 12.4. The lowest BCUT2D eigenvalue weighted by molar-refractivity contribution is 0.0951. The third kappa shape index (κ3) is 5.01. The molecule has 0 aliphatic rings. The zero-order valence-electron chi connectivity index (χ0n) is 16.6. The fourth-order valence-corrected chi connectivity index (χ4v) is 2.70. The highest BCUT2D eigenvalue weighted by Gasteiger charge is 2.09. The summed E-state index contributed by atoms with van der Waals surface area (Å²) in [4.78, 5) is 12.4. The minimum absolute atomic E-state index is 0.179. The first-order valence-corrected chi connectivity index (χ1v) is 9.11. The number of methoxy groups -OCH3 is 2. The van der Waals surface area contributed by atoms with Crippen LogP contribution in [0.4, 0.5) is 0 Å². The largest absolute Gasteiger partial charge is 0.493 e. The first kappa shape index (κ1) is 20.1. The number of rotatable bonds is 9. The van der Waals surface area contributed by atoms with Crippen LogP contribution >= 0.6 is 0 Å².